The number of halogens is 1. The van der Waals surface area contributed by atoms with E-state index in [4.69, 9.17) is 5.73 Å². The van der Waals surface area contributed by atoms with Gasteiger partial charge in [-0.3, -0.25) is 0 Å². The molecule has 0 aliphatic heterocycles. The molecule has 0 fully saturated rings. The standard InChI is InChI=1S/C14H17N3S.HI/c1-10-5-6-12(8-11(10)2)17-14(15)16-9-13-4-3-7-18-13;/h3-8H,9H2,1-2H3,(H3,15,16,17);1H. The first-order valence-corrected chi connectivity index (χ1v) is 6.69. The van der Waals surface area contributed by atoms with Crippen molar-refractivity contribution in [2.24, 2.45) is 10.7 Å². The van der Waals surface area contributed by atoms with Crippen LogP contribution >= 0.6 is 35.3 Å². The van der Waals surface area contributed by atoms with Crippen molar-refractivity contribution in [1.29, 1.82) is 0 Å². The number of guanidine groups is 1. The van der Waals surface area contributed by atoms with Gasteiger partial charge in [-0.05, 0) is 48.6 Å². The number of hydrogen-bond acceptors (Lipinski definition) is 2. The fourth-order valence-electron chi connectivity index (χ4n) is 1.57. The minimum absolute atomic E-state index is 0. The number of rotatable bonds is 3. The number of hydrogen-bond donors (Lipinski definition) is 2. The van der Waals surface area contributed by atoms with Gasteiger partial charge < -0.3 is 11.1 Å². The molecule has 0 saturated heterocycles. The molecular weight excluding hydrogens is 369 g/mol. The lowest BCUT2D eigenvalue weighted by Crippen LogP contribution is -2.22. The molecule has 3 N–H and O–H groups in total. The zero-order valence-corrected chi connectivity index (χ0v) is 14.2. The van der Waals surface area contributed by atoms with Gasteiger partial charge in [-0.1, -0.05) is 12.1 Å². The van der Waals surface area contributed by atoms with E-state index in [0.29, 0.717) is 12.5 Å². The first-order chi connectivity index (χ1) is 8.65. The number of benzene rings is 1. The molecule has 0 bridgehead atoms. The molecule has 2 aromatic rings. The van der Waals surface area contributed by atoms with Crippen LogP contribution in [0.2, 0.25) is 0 Å². The highest BCUT2D eigenvalue weighted by Crippen LogP contribution is 2.14. The van der Waals surface area contributed by atoms with Gasteiger partial charge in [0.2, 0.25) is 0 Å². The van der Waals surface area contributed by atoms with Crippen molar-refractivity contribution in [2.75, 3.05) is 5.32 Å². The highest BCUT2D eigenvalue weighted by Gasteiger charge is 1.98. The molecular formula is C14H18IN3S. The fraction of sp³-hybridized carbons (Fsp3) is 0.214. The summed E-state index contributed by atoms with van der Waals surface area (Å²) in [5, 5.41) is 5.14. The Kier molecular flexibility index (Phi) is 6.30. The van der Waals surface area contributed by atoms with Crippen molar-refractivity contribution in [3.05, 3.63) is 51.7 Å². The third-order valence-corrected chi connectivity index (χ3v) is 3.63. The number of nitrogens with one attached hydrogen (secondary N) is 1. The molecule has 5 heteroatoms. The molecule has 19 heavy (non-hydrogen) atoms. The second-order valence-electron chi connectivity index (χ2n) is 4.20. The van der Waals surface area contributed by atoms with Crippen molar-refractivity contribution in [3.63, 3.8) is 0 Å². The van der Waals surface area contributed by atoms with Gasteiger partial charge in [0.05, 0.1) is 6.54 Å². The molecule has 0 radical (unpaired) electrons. The summed E-state index contributed by atoms with van der Waals surface area (Å²) in [7, 11) is 0. The highest BCUT2D eigenvalue weighted by atomic mass is 127. The van der Waals surface area contributed by atoms with E-state index in [1.165, 1.54) is 16.0 Å². The van der Waals surface area contributed by atoms with E-state index >= 15 is 0 Å². The van der Waals surface area contributed by atoms with Crippen LogP contribution < -0.4 is 11.1 Å². The van der Waals surface area contributed by atoms with Crippen LogP contribution in [0.4, 0.5) is 5.69 Å². The Morgan fingerprint density at radius 1 is 1.26 bits per heavy atom. The molecule has 0 saturated carbocycles. The van der Waals surface area contributed by atoms with Gasteiger partial charge in [-0.2, -0.15) is 0 Å². The van der Waals surface area contributed by atoms with Crippen LogP contribution in [0.5, 0.6) is 0 Å². The summed E-state index contributed by atoms with van der Waals surface area (Å²) in [5.74, 6) is 0.451. The minimum Gasteiger partial charge on any atom is -0.370 e. The molecule has 102 valence electrons. The van der Waals surface area contributed by atoms with E-state index in [-0.39, 0.29) is 24.0 Å². The van der Waals surface area contributed by atoms with E-state index in [1.807, 2.05) is 17.5 Å². The molecule has 0 spiro atoms. The van der Waals surface area contributed by atoms with Gasteiger partial charge in [0.1, 0.15) is 0 Å². The maximum Gasteiger partial charge on any atom is 0.193 e. The normalized spacial score (nSPS) is 10.9. The van der Waals surface area contributed by atoms with Crippen LogP contribution in [0.25, 0.3) is 0 Å². The van der Waals surface area contributed by atoms with E-state index in [2.05, 4.69) is 42.4 Å². The summed E-state index contributed by atoms with van der Waals surface area (Å²) >= 11 is 1.69. The lowest BCUT2D eigenvalue weighted by atomic mass is 10.1. The Morgan fingerprint density at radius 2 is 2.05 bits per heavy atom. The highest BCUT2D eigenvalue weighted by molar-refractivity contribution is 14.0. The topological polar surface area (TPSA) is 50.4 Å². The Hall–Kier alpha value is -1.08. The average molecular weight is 387 g/mol. The average Bonchev–Trinajstić information content (AvgIpc) is 2.84. The largest absolute Gasteiger partial charge is 0.370 e. The zero-order chi connectivity index (χ0) is 13.0. The van der Waals surface area contributed by atoms with Crippen molar-refractivity contribution in [3.8, 4) is 0 Å². The number of aryl methyl sites for hydroxylation is 2. The summed E-state index contributed by atoms with van der Waals surface area (Å²) in [4.78, 5) is 5.52. The Balaban J connectivity index is 0.00000180. The van der Waals surface area contributed by atoms with Crippen molar-refractivity contribution in [2.45, 2.75) is 20.4 Å². The number of nitrogens with two attached hydrogens (primary N) is 1. The lowest BCUT2D eigenvalue weighted by molar-refractivity contribution is 1.09. The number of nitrogens with zero attached hydrogens (tertiary/aromatic N) is 1. The molecule has 2 rings (SSSR count). The molecule has 0 aliphatic carbocycles. The Labute approximate surface area is 135 Å². The monoisotopic (exact) mass is 387 g/mol. The van der Waals surface area contributed by atoms with Crippen LogP contribution in [0.1, 0.15) is 16.0 Å². The van der Waals surface area contributed by atoms with Gasteiger partial charge in [0.25, 0.3) is 0 Å². The maximum atomic E-state index is 5.85. The van der Waals surface area contributed by atoms with Crippen LogP contribution in [-0.2, 0) is 6.54 Å². The second kappa shape index (κ2) is 7.49. The number of anilines is 1. The SMILES string of the molecule is Cc1ccc(NC(N)=NCc2cccs2)cc1C.I. The van der Waals surface area contributed by atoms with Gasteiger partial charge in [-0.15, -0.1) is 35.3 Å². The molecule has 1 aromatic heterocycles. The summed E-state index contributed by atoms with van der Waals surface area (Å²) in [6.45, 7) is 4.80. The van der Waals surface area contributed by atoms with Crippen LogP contribution in [0, 0.1) is 13.8 Å². The molecule has 0 unspecified atom stereocenters. The summed E-state index contributed by atoms with van der Waals surface area (Å²) in [5.41, 5.74) is 9.35. The van der Waals surface area contributed by atoms with Gasteiger partial charge >= 0.3 is 0 Å². The van der Waals surface area contributed by atoms with Crippen LogP contribution in [0.3, 0.4) is 0 Å². The minimum atomic E-state index is 0. The second-order valence-corrected chi connectivity index (χ2v) is 5.24. The van der Waals surface area contributed by atoms with Crippen LogP contribution in [-0.4, -0.2) is 5.96 Å². The molecule has 3 nitrogen and oxygen atoms in total. The molecule has 1 aromatic carbocycles. The van der Waals surface area contributed by atoms with Crippen LogP contribution in [0.15, 0.2) is 40.7 Å². The fourth-order valence-corrected chi connectivity index (χ4v) is 2.20. The first kappa shape index (κ1) is 16.0. The van der Waals surface area contributed by atoms with Gasteiger partial charge in [0.15, 0.2) is 5.96 Å². The third kappa shape index (κ3) is 4.83. The van der Waals surface area contributed by atoms with Crippen molar-refractivity contribution >= 4 is 47.0 Å². The Bertz CT molecular complexity index is 550. The molecule has 0 amide bonds. The van der Waals surface area contributed by atoms with Gasteiger partial charge in [0, 0.05) is 10.6 Å². The van der Waals surface area contributed by atoms with Crippen molar-refractivity contribution in [1.82, 2.24) is 0 Å². The van der Waals surface area contributed by atoms with Gasteiger partial charge in [-0.25, -0.2) is 4.99 Å². The summed E-state index contributed by atoms with van der Waals surface area (Å²) < 4.78 is 0. The van der Waals surface area contributed by atoms with E-state index in [9.17, 15) is 0 Å². The summed E-state index contributed by atoms with van der Waals surface area (Å²) in [6.07, 6.45) is 0. The van der Waals surface area contributed by atoms with E-state index in [0.717, 1.165) is 5.69 Å². The van der Waals surface area contributed by atoms with E-state index < -0.39 is 0 Å². The molecule has 0 atom stereocenters. The number of thiophene rings is 1. The predicted octanol–water partition coefficient (Wildman–Crippen LogP) is 3.91. The van der Waals surface area contributed by atoms with Crippen molar-refractivity contribution < 1.29 is 0 Å². The number of aliphatic imine (C=N–C) groups is 1. The molecule has 1 heterocycles. The van der Waals surface area contributed by atoms with E-state index in [1.54, 1.807) is 11.3 Å². The third-order valence-electron chi connectivity index (χ3n) is 2.76. The Morgan fingerprint density at radius 3 is 2.68 bits per heavy atom. The quantitative estimate of drug-likeness (QED) is 0.477. The summed E-state index contributed by atoms with van der Waals surface area (Å²) in [6, 6.07) is 10.2. The predicted molar refractivity (Wildman–Crippen MR) is 94.6 cm³/mol. The lowest BCUT2D eigenvalue weighted by Gasteiger charge is -2.07. The zero-order valence-electron chi connectivity index (χ0n) is 11.0. The molecule has 0 aliphatic rings. The first-order valence-electron chi connectivity index (χ1n) is 5.82. The maximum absolute atomic E-state index is 5.85. The smallest absolute Gasteiger partial charge is 0.193 e.